The molecule has 1 fully saturated rings. The lowest BCUT2D eigenvalue weighted by molar-refractivity contribution is 0.331. The molecule has 1 saturated carbocycles. The quantitative estimate of drug-likeness (QED) is 0.607. The molecule has 0 aromatic rings. The van der Waals surface area contributed by atoms with Crippen LogP contribution < -0.4 is 0 Å². The predicted octanol–water partition coefficient (Wildman–Crippen LogP) is 4.93. The van der Waals surface area contributed by atoms with Crippen LogP contribution in [0.25, 0.3) is 0 Å². The van der Waals surface area contributed by atoms with Crippen LogP contribution in [0.5, 0.6) is 0 Å². The maximum atomic E-state index is 7.05. The van der Waals surface area contributed by atoms with Crippen LogP contribution in [-0.4, -0.2) is 4.87 Å². The van der Waals surface area contributed by atoms with Crippen molar-refractivity contribution in [2.24, 2.45) is 5.92 Å². The highest BCUT2D eigenvalue weighted by Gasteiger charge is 2.43. The first-order valence-electron chi connectivity index (χ1n) is 6.71. The standard InChI is InChI=1S/C16H19Cl/c17-16(14-9-3-4-10-14)12-6-5-11-15(16)13-7-1-2-8-13/h1-4,7,9,15H,5-6,8,10-12H2. The van der Waals surface area contributed by atoms with E-state index in [4.69, 9.17) is 11.6 Å². The van der Waals surface area contributed by atoms with Gasteiger partial charge in [0.05, 0.1) is 4.87 Å². The second kappa shape index (κ2) is 4.49. The Morgan fingerprint density at radius 2 is 1.88 bits per heavy atom. The summed E-state index contributed by atoms with van der Waals surface area (Å²) in [7, 11) is 0. The van der Waals surface area contributed by atoms with E-state index in [9.17, 15) is 0 Å². The van der Waals surface area contributed by atoms with Gasteiger partial charge in [-0.05, 0) is 31.3 Å². The molecule has 0 saturated heterocycles. The lowest BCUT2D eigenvalue weighted by atomic mass is 9.70. The Labute approximate surface area is 109 Å². The molecule has 0 spiro atoms. The molecule has 17 heavy (non-hydrogen) atoms. The van der Waals surface area contributed by atoms with E-state index in [0.717, 1.165) is 19.3 Å². The summed E-state index contributed by atoms with van der Waals surface area (Å²) >= 11 is 7.05. The molecule has 0 heterocycles. The van der Waals surface area contributed by atoms with Crippen molar-refractivity contribution >= 4 is 11.6 Å². The minimum atomic E-state index is -0.0976. The summed E-state index contributed by atoms with van der Waals surface area (Å²) in [5.41, 5.74) is 2.99. The van der Waals surface area contributed by atoms with E-state index in [1.54, 1.807) is 5.57 Å². The van der Waals surface area contributed by atoms with Crippen molar-refractivity contribution in [1.82, 2.24) is 0 Å². The van der Waals surface area contributed by atoms with E-state index >= 15 is 0 Å². The fourth-order valence-electron chi connectivity index (χ4n) is 3.48. The van der Waals surface area contributed by atoms with Crippen molar-refractivity contribution in [1.29, 1.82) is 0 Å². The van der Waals surface area contributed by atoms with Gasteiger partial charge in [0.25, 0.3) is 0 Å². The minimum Gasteiger partial charge on any atom is -0.114 e. The van der Waals surface area contributed by atoms with Gasteiger partial charge in [-0.25, -0.2) is 0 Å². The summed E-state index contributed by atoms with van der Waals surface area (Å²) in [6, 6.07) is 0. The predicted molar refractivity (Wildman–Crippen MR) is 74.2 cm³/mol. The lowest BCUT2D eigenvalue weighted by Crippen LogP contribution is -2.37. The molecule has 2 unspecified atom stereocenters. The molecule has 0 nitrogen and oxygen atoms in total. The Balaban J connectivity index is 1.89. The molecular weight excluding hydrogens is 228 g/mol. The first-order valence-corrected chi connectivity index (χ1v) is 7.09. The molecular formula is C16H19Cl. The van der Waals surface area contributed by atoms with Gasteiger partial charge >= 0.3 is 0 Å². The van der Waals surface area contributed by atoms with E-state index in [1.165, 1.54) is 24.8 Å². The van der Waals surface area contributed by atoms with Gasteiger partial charge in [0, 0.05) is 5.92 Å². The summed E-state index contributed by atoms with van der Waals surface area (Å²) in [5, 5.41) is 0. The van der Waals surface area contributed by atoms with Crippen LogP contribution in [0.2, 0.25) is 0 Å². The second-order valence-corrected chi connectivity index (χ2v) is 6.03. The van der Waals surface area contributed by atoms with Crippen molar-refractivity contribution in [3.8, 4) is 0 Å². The van der Waals surface area contributed by atoms with Crippen LogP contribution in [0, 0.1) is 5.92 Å². The molecule has 3 aliphatic carbocycles. The Morgan fingerprint density at radius 1 is 1.06 bits per heavy atom. The van der Waals surface area contributed by atoms with E-state index in [0.29, 0.717) is 5.92 Å². The van der Waals surface area contributed by atoms with Gasteiger partial charge in [0.15, 0.2) is 0 Å². The fourth-order valence-corrected chi connectivity index (χ4v) is 4.00. The maximum absolute atomic E-state index is 7.05. The molecule has 0 bridgehead atoms. The van der Waals surface area contributed by atoms with Gasteiger partial charge in [-0.2, -0.15) is 0 Å². The number of rotatable bonds is 2. The minimum absolute atomic E-state index is 0.0976. The van der Waals surface area contributed by atoms with E-state index in [-0.39, 0.29) is 4.87 Å². The largest absolute Gasteiger partial charge is 0.114 e. The van der Waals surface area contributed by atoms with Gasteiger partial charge in [-0.15, -0.1) is 11.6 Å². The Kier molecular flexibility index (Phi) is 3.00. The van der Waals surface area contributed by atoms with Gasteiger partial charge in [-0.3, -0.25) is 0 Å². The zero-order valence-electron chi connectivity index (χ0n) is 10.2. The van der Waals surface area contributed by atoms with E-state index in [2.05, 4.69) is 36.5 Å². The van der Waals surface area contributed by atoms with Gasteiger partial charge in [-0.1, -0.05) is 54.9 Å². The third-order valence-electron chi connectivity index (χ3n) is 4.39. The smallest absolute Gasteiger partial charge is 0.0726 e. The molecule has 3 aliphatic rings. The fraction of sp³-hybridized carbons (Fsp3) is 0.500. The van der Waals surface area contributed by atoms with Crippen molar-refractivity contribution in [3.05, 3.63) is 47.6 Å². The molecule has 0 aromatic carbocycles. The van der Waals surface area contributed by atoms with Crippen LogP contribution in [0.3, 0.4) is 0 Å². The van der Waals surface area contributed by atoms with Crippen LogP contribution in [-0.2, 0) is 0 Å². The monoisotopic (exact) mass is 246 g/mol. The van der Waals surface area contributed by atoms with Crippen molar-refractivity contribution in [2.45, 2.75) is 43.4 Å². The summed E-state index contributed by atoms with van der Waals surface area (Å²) in [6.07, 6.45) is 20.5. The Bertz CT molecular complexity index is 425. The molecule has 0 aromatic heterocycles. The van der Waals surface area contributed by atoms with E-state index < -0.39 is 0 Å². The normalized spacial score (nSPS) is 36.2. The summed E-state index contributed by atoms with van der Waals surface area (Å²) < 4.78 is 0. The van der Waals surface area contributed by atoms with E-state index in [1.807, 2.05) is 0 Å². The summed E-state index contributed by atoms with van der Waals surface area (Å²) in [6.45, 7) is 0. The zero-order valence-corrected chi connectivity index (χ0v) is 10.9. The molecule has 0 amide bonds. The van der Waals surface area contributed by atoms with Gasteiger partial charge in [0.1, 0.15) is 0 Å². The van der Waals surface area contributed by atoms with Crippen LogP contribution in [0.15, 0.2) is 47.6 Å². The molecule has 2 atom stereocenters. The number of hydrogen-bond donors (Lipinski definition) is 0. The number of hydrogen-bond acceptors (Lipinski definition) is 0. The molecule has 0 radical (unpaired) electrons. The number of allylic oxidation sites excluding steroid dienone is 8. The van der Waals surface area contributed by atoms with Gasteiger partial charge < -0.3 is 0 Å². The van der Waals surface area contributed by atoms with Crippen molar-refractivity contribution in [3.63, 3.8) is 0 Å². The first kappa shape index (κ1) is 11.3. The maximum Gasteiger partial charge on any atom is 0.0726 e. The van der Waals surface area contributed by atoms with Crippen LogP contribution >= 0.6 is 11.6 Å². The van der Waals surface area contributed by atoms with Gasteiger partial charge in [0.2, 0.25) is 0 Å². The zero-order chi connectivity index (χ0) is 11.7. The molecule has 90 valence electrons. The number of halogens is 1. The third kappa shape index (κ3) is 1.93. The Morgan fingerprint density at radius 3 is 2.59 bits per heavy atom. The lowest BCUT2D eigenvalue weighted by Gasteiger charge is -2.41. The summed E-state index contributed by atoms with van der Waals surface area (Å²) in [4.78, 5) is -0.0976. The third-order valence-corrected chi connectivity index (χ3v) is 5.08. The SMILES string of the molecule is ClC1(C2=CC=CC2)CCCCC1C1=CC=CC1. The van der Waals surface area contributed by atoms with Crippen LogP contribution in [0.4, 0.5) is 0 Å². The number of alkyl halides is 1. The first-order chi connectivity index (χ1) is 8.31. The van der Waals surface area contributed by atoms with Crippen molar-refractivity contribution in [2.75, 3.05) is 0 Å². The van der Waals surface area contributed by atoms with Crippen molar-refractivity contribution < 1.29 is 0 Å². The highest BCUT2D eigenvalue weighted by Crippen LogP contribution is 2.50. The second-order valence-electron chi connectivity index (χ2n) is 5.36. The Hall–Kier alpha value is -0.750. The van der Waals surface area contributed by atoms with Crippen LogP contribution in [0.1, 0.15) is 38.5 Å². The molecule has 1 heteroatoms. The highest BCUT2D eigenvalue weighted by molar-refractivity contribution is 6.26. The average Bonchev–Trinajstić information content (AvgIpc) is 3.03. The highest BCUT2D eigenvalue weighted by atomic mass is 35.5. The molecule has 0 aliphatic heterocycles. The average molecular weight is 247 g/mol. The molecule has 0 N–H and O–H groups in total. The topological polar surface area (TPSA) is 0 Å². The summed E-state index contributed by atoms with van der Waals surface area (Å²) in [5.74, 6) is 0.555. The molecule has 3 rings (SSSR count).